The summed E-state index contributed by atoms with van der Waals surface area (Å²) in [6.07, 6.45) is 0. The summed E-state index contributed by atoms with van der Waals surface area (Å²) in [6, 6.07) is 10.9. The molecule has 0 aliphatic heterocycles. The van der Waals surface area contributed by atoms with Gasteiger partial charge in [-0.25, -0.2) is 4.98 Å². The number of hydrogen-bond donors (Lipinski definition) is 1. The zero-order chi connectivity index (χ0) is 13.1. The van der Waals surface area contributed by atoms with Gasteiger partial charge in [0.2, 0.25) is 0 Å². The molecule has 0 aliphatic carbocycles. The van der Waals surface area contributed by atoms with E-state index in [9.17, 15) is 4.79 Å². The van der Waals surface area contributed by atoms with E-state index in [2.05, 4.69) is 48.8 Å². The van der Waals surface area contributed by atoms with Crippen molar-refractivity contribution in [3.8, 4) is 0 Å². The zero-order valence-electron chi connectivity index (χ0n) is 9.58. The van der Waals surface area contributed by atoms with E-state index in [0.29, 0.717) is 11.4 Å². The number of rotatable bonds is 2. The first kappa shape index (κ1) is 13.5. The lowest BCUT2D eigenvalue weighted by molar-refractivity contribution is 0.102. The van der Waals surface area contributed by atoms with Crippen LogP contribution in [-0.4, -0.2) is 10.9 Å². The van der Waals surface area contributed by atoms with Crippen LogP contribution >= 0.6 is 38.5 Å². The second-order valence-electron chi connectivity index (χ2n) is 3.72. The second-order valence-corrected chi connectivity index (χ2v) is 5.80. The van der Waals surface area contributed by atoms with Crippen molar-refractivity contribution in [3.63, 3.8) is 0 Å². The number of nitrogens with one attached hydrogen (secondary N) is 1. The molecule has 0 atom stereocenters. The third-order valence-corrected chi connectivity index (χ3v) is 4.04. The van der Waals surface area contributed by atoms with Crippen LogP contribution < -0.4 is 5.32 Å². The van der Waals surface area contributed by atoms with E-state index in [1.54, 1.807) is 18.2 Å². The Morgan fingerprint density at radius 1 is 1.22 bits per heavy atom. The fourth-order valence-electron chi connectivity index (χ4n) is 1.40. The molecule has 0 fully saturated rings. The number of carbonyl (C=O) groups is 1. The van der Waals surface area contributed by atoms with E-state index in [4.69, 9.17) is 0 Å². The summed E-state index contributed by atoms with van der Waals surface area (Å²) >= 11 is 5.54. The van der Waals surface area contributed by atoms with Gasteiger partial charge in [-0.2, -0.15) is 0 Å². The fraction of sp³-hybridized carbons (Fsp3) is 0.0769. The number of anilines is 1. The highest BCUT2D eigenvalue weighted by molar-refractivity contribution is 14.1. The number of pyridine rings is 1. The van der Waals surface area contributed by atoms with Crippen LogP contribution in [0.5, 0.6) is 0 Å². The van der Waals surface area contributed by atoms with Crippen molar-refractivity contribution in [2.24, 2.45) is 0 Å². The molecule has 0 spiro atoms. The molecule has 0 bridgehead atoms. The average molecular weight is 417 g/mol. The highest BCUT2D eigenvalue weighted by atomic mass is 127. The van der Waals surface area contributed by atoms with Gasteiger partial charge in [0.15, 0.2) is 0 Å². The van der Waals surface area contributed by atoms with E-state index in [1.807, 2.05) is 25.1 Å². The van der Waals surface area contributed by atoms with Crippen molar-refractivity contribution in [3.05, 3.63) is 55.7 Å². The molecular formula is C13H10BrIN2O. The van der Waals surface area contributed by atoms with Gasteiger partial charge in [0.25, 0.3) is 5.91 Å². The number of halogens is 2. The summed E-state index contributed by atoms with van der Waals surface area (Å²) < 4.78 is 2.02. The number of benzene rings is 1. The first-order valence-electron chi connectivity index (χ1n) is 5.26. The number of amides is 1. The quantitative estimate of drug-likeness (QED) is 0.751. The molecular weight excluding hydrogens is 407 g/mol. The van der Waals surface area contributed by atoms with Crippen molar-refractivity contribution in [2.45, 2.75) is 6.92 Å². The smallest absolute Gasteiger partial charge is 0.256 e. The summed E-state index contributed by atoms with van der Waals surface area (Å²) in [6.45, 7) is 1.91. The molecule has 1 aromatic heterocycles. The molecule has 1 N–H and O–H groups in total. The Balaban J connectivity index is 2.16. The second kappa shape index (κ2) is 5.79. The third-order valence-electron chi connectivity index (χ3n) is 2.37. The topological polar surface area (TPSA) is 42.0 Å². The van der Waals surface area contributed by atoms with Gasteiger partial charge in [-0.05, 0) is 65.9 Å². The molecule has 92 valence electrons. The number of carbonyl (C=O) groups excluding carboxylic acids is 1. The van der Waals surface area contributed by atoms with Crippen molar-refractivity contribution in [2.75, 3.05) is 5.32 Å². The van der Waals surface area contributed by atoms with Crippen molar-refractivity contribution < 1.29 is 4.79 Å². The molecule has 0 unspecified atom stereocenters. The van der Waals surface area contributed by atoms with Gasteiger partial charge in [-0.1, -0.05) is 15.9 Å². The van der Waals surface area contributed by atoms with Crippen LogP contribution in [-0.2, 0) is 0 Å². The van der Waals surface area contributed by atoms with Gasteiger partial charge >= 0.3 is 0 Å². The molecule has 5 heteroatoms. The Hall–Kier alpha value is -0.950. The summed E-state index contributed by atoms with van der Waals surface area (Å²) in [7, 11) is 0. The lowest BCUT2D eigenvalue weighted by Gasteiger charge is -2.06. The minimum Gasteiger partial charge on any atom is -0.307 e. The number of aromatic nitrogens is 1. The molecule has 18 heavy (non-hydrogen) atoms. The van der Waals surface area contributed by atoms with Crippen LogP contribution in [0, 0.1) is 10.5 Å². The normalized spacial score (nSPS) is 10.2. The van der Waals surface area contributed by atoms with E-state index in [-0.39, 0.29) is 5.91 Å². The first-order valence-corrected chi connectivity index (χ1v) is 7.13. The molecule has 0 aliphatic rings. The Morgan fingerprint density at radius 2 is 1.89 bits per heavy atom. The van der Waals surface area contributed by atoms with Crippen LogP contribution in [0.1, 0.15) is 16.1 Å². The molecule has 0 saturated heterocycles. The number of hydrogen-bond acceptors (Lipinski definition) is 2. The van der Waals surface area contributed by atoms with Gasteiger partial charge in [0.05, 0.1) is 5.69 Å². The van der Waals surface area contributed by atoms with Crippen LogP contribution in [0.4, 0.5) is 5.82 Å². The van der Waals surface area contributed by atoms with Crippen molar-refractivity contribution in [1.29, 1.82) is 0 Å². The lowest BCUT2D eigenvalue weighted by atomic mass is 10.2. The third kappa shape index (κ3) is 3.29. The first-order chi connectivity index (χ1) is 8.56. The van der Waals surface area contributed by atoms with Crippen LogP contribution in [0.2, 0.25) is 0 Å². The summed E-state index contributed by atoms with van der Waals surface area (Å²) in [5, 5.41) is 2.78. The van der Waals surface area contributed by atoms with Crippen LogP contribution in [0.25, 0.3) is 0 Å². The summed E-state index contributed by atoms with van der Waals surface area (Å²) in [4.78, 5) is 16.3. The zero-order valence-corrected chi connectivity index (χ0v) is 13.3. The van der Waals surface area contributed by atoms with E-state index < -0.39 is 0 Å². The largest absolute Gasteiger partial charge is 0.307 e. The molecule has 1 heterocycles. The van der Waals surface area contributed by atoms with Crippen LogP contribution in [0.3, 0.4) is 0 Å². The van der Waals surface area contributed by atoms with Crippen LogP contribution in [0.15, 0.2) is 40.9 Å². The maximum atomic E-state index is 12.0. The molecule has 0 radical (unpaired) electrons. The minimum absolute atomic E-state index is 0.157. The Morgan fingerprint density at radius 3 is 2.50 bits per heavy atom. The van der Waals surface area contributed by atoms with Crippen molar-refractivity contribution in [1.82, 2.24) is 4.98 Å². The number of aryl methyl sites for hydroxylation is 1. The maximum Gasteiger partial charge on any atom is 0.256 e. The van der Waals surface area contributed by atoms with E-state index >= 15 is 0 Å². The van der Waals surface area contributed by atoms with Gasteiger partial charge in [-0.15, -0.1) is 0 Å². The maximum absolute atomic E-state index is 12.0. The van der Waals surface area contributed by atoms with Crippen molar-refractivity contribution >= 4 is 50.2 Å². The van der Waals surface area contributed by atoms with Gasteiger partial charge in [-0.3, -0.25) is 4.79 Å². The predicted molar refractivity (Wildman–Crippen MR) is 83.8 cm³/mol. The van der Waals surface area contributed by atoms with Gasteiger partial charge in [0, 0.05) is 13.6 Å². The highest BCUT2D eigenvalue weighted by Crippen LogP contribution is 2.15. The van der Waals surface area contributed by atoms with Gasteiger partial charge < -0.3 is 5.32 Å². The van der Waals surface area contributed by atoms with E-state index in [0.717, 1.165) is 13.7 Å². The molecule has 2 rings (SSSR count). The Labute approximate surface area is 127 Å². The Kier molecular flexibility index (Phi) is 4.34. The molecule has 3 nitrogen and oxygen atoms in total. The molecule has 1 amide bonds. The average Bonchev–Trinajstić information content (AvgIpc) is 2.34. The minimum atomic E-state index is -0.157. The van der Waals surface area contributed by atoms with E-state index in [1.165, 1.54) is 0 Å². The Bertz CT molecular complexity index is 584. The monoisotopic (exact) mass is 416 g/mol. The molecule has 1 aromatic carbocycles. The van der Waals surface area contributed by atoms with Gasteiger partial charge in [0.1, 0.15) is 5.82 Å². The summed E-state index contributed by atoms with van der Waals surface area (Å²) in [5.74, 6) is 0.413. The fourth-order valence-corrected chi connectivity index (χ4v) is 1.97. The highest BCUT2D eigenvalue weighted by Gasteiger charge is 2.07. The molecule has 2 aromatic rings. The number of nitrogens with zero attached hydrogens (tertiary/aromatic N) is 1. The summed E-state index contributed by atoms with van der Waals surface area (Å²) in [5.41, 5.74) is 1.51. The standard InChI is InChI=1S/C13H10BrIN2O/c1-8-11(15)6-7-12(16-8)17-13(18)9-2-4-10(14)5-3-9/h2-7H,1H3,(H,16,17,18). The SMILES string of the molecule is Cc1nc(NC(=O)c2ccc(Br)cc2)ccc1I. The lowest BCUT2D eigenvalue weighted by Crippen LogP contribution is -2.13. The predicted octanol–water partition coefficient (Wildman–Crippen LogP) is 4.01. The molecule has 0 saturated carbocycles.